The van der Waals surface area contributed by atoms with E-state index < -0.39 is 18.0 Å². The van der Waals surface area contributed by atoms with E-state index in [1.54, 1.807) is 30.3 Å². The number of rotatable bonds is 4. The van der Waals surface area contributed by atoms with Crippen molar-refractivity contribution in [1.82, 2.24) is 5.48 Å². The zero-order chi connectivity index (χ0) is 11.3. The first kappa shape index (κ1) is 11.2. The number of carbonyl (C=O) groups excluding carboxylic acids is 1. The lowest BCUT2D eigenvalue weighted by molar-refractivity contribution is -0.141. The SMILES string of the molecule is CC(NOC(=O)c1ccccc1)C(=O)O. The fraction of sp³-hybridized carbons (Fsp3) is 0.200. The van der Waals surface area contributed by atoms with Gasteiger partial charge in [0.05, 0.1) is 5.56 Å². The fourth-order valence-corrected chi connectivity index (χ4v) is 0.825. The first-order valence-corrected chi connectivity index (χ1v) is 4.36. The molecule has 0 bridgehead atoms. The van der Waals surface area contributed by atoms with Crippen molar-refractivity contribution in [3.63, 3.8) is 0 Å². The molecule has 0 aliphatic heterocycles. The zero-order valence-corrected chi connectivity index (χ0v) is 8.14. The third-order valence-electron chi connectivity index (χ3n) is 1.71. The minimum Gasteiger partial charge on any atom is -0.480 e. The third-order valence-corrected chi connectivity index (χ3v) is 1.71. The zero-order valence-electron chi connectivity index (χ0n) is 8.14. The predicted octanol–water partition coefficient (Wildman–Crippen LogP) is 0.821. The van der Waals surface area contributed by atoms with E-state index in [1.165, 1.54) is 6.92 Å². The van der Waals surface area contributed by atoms with Crippen LogP contribution < -0.4 is 5.48 Å². The molecule has 1 rings (SSSR count). The summed E-state index contributed by atoms with van der Waals surface area (Å²) in [6, 6.07) is 7.38. The molecule has 0 saturated carbocycles. The van der Waals surface area contributed by atoms with Gasteiger partial charge in [0.15, 0.2) is 0 Å². The van der Waals surface area contributed by atoms with E-state index in [9.17, 15) is 9.59 Å². The summed E-state index contributed by atoms with van der Waals surface area (Å²) in [7, 11) is 0. The van der Waals surface area contributed by atoms with E-state index in [-0.39, 0.29) is 0 Å². The van der Waals surface area contributed by atoms with E-state index in [0.29, 0.717) is 5.56 Å². The molecular weight excluding hydrogens is 198 g/mol. The molecule has 0 aromatic heterocycles. The van der Waals surface area contributed by atoms with Crippen LogP contribution in [0.15, 0.2) is 30.3 Å². The van der Waals surface area contributed by atoms with Gasteiger partial charge < -0.3 is 9.94 Å². The fourth-order valence-electron chi connectivity index (χ4n) is 0.825. The molecule has 0 aliphatic carbocycles. The molecular formula is C10H11NO4. The first-order chi connectivity index (χ1) is 7.11. The predicted molar refractivity (Wildman–Crippen MR) is 52.1 cm³/mol. The van der Waals surface area contributed by atoms with Crippen LogP contribution in [-0.4, -0.2) is 23.1 Å². The first-order valence-electron chi connectivity index (χ1n) is 4.36. The van der Waals surface area contributed by atoms with Crippen LogP contribution in [-0.2, 0) is 9.63 Å². The number of benzene rings is 1. The van der Waals surface area contributed by atoms with Crippen molar-refractivity contribution in [3.05, 3.63) is 35.9 Å². The Balaban J connectivity index is 2.47. The number of carboxylic acids is 1. The molecule has 0 spiro atoms. The van der Waals surface area contributed by atoms with E-state index in [4.69, 9.17) is 5.11 Å². The molecule has 0 fully saturated rings. The van der Waals surface area contributed by atoms with Gasteiger partial charge in [0.2, 0.25) is 0 Å². The van der Waals surface area contributed by atoms with Gasteiger partial charge in [-0.05, 0) is 19.1 Å². The maximum absolute atomic E-state index is 11.3. The van der Waals surface area contributed by atoms with Crippen molar-refractivity contribution in [2.45, 2.75) is 13.0 Å². The highest BCUT2D eigenvalue weighted by molar-refractivity contribution is 5.89. The highest BCUT2D eigenvalue weighted by atomic mass is 16.7. The third kappa shape index (κ3) is 3.40. The minimum atomic E-state index is -1.09. The van der Waals surface area contributed by atoms with E-state index in [2.05, 4.69) is 10.3 Å². The summed E-state index contributed by atoms with van der Waals surface area (Å²) in [4.78, 5) is 26.3. The quantitative estimate of drug-likeness (QED) is 0.718. The standard InChI is InChI=1S/C10H11NO4/c1-7(9(12)13)11-15-10(14)8-5-3-2-4-6-8/h2-7,11H,1H3,(H,12,13). The van der Waals surface area contributed by atoms with Crippen LogP contribution in [0, 0.1) is 0 Å². The lowest BCUT2D eigenvalue weighted by atomic mass is 10.2. The van der Waals surface area contributed by atoms with E-state index in [1.807, 2.05) is 0 Å². The molecule has 1 unspecified atom stereocenters. The summed E-state index contributed by atoms with van der Waals surface area (Å²) in [5, 5.41) is 8.51. The Labute approximate surface area is 86.6 Å². The Kier molecular flexibility index (Phi) is 3.82. The molecule has 1 aromatic rings. The van der Waals surface area contributed by atoms with Crippen LogP contribution in [0.4, 0.5) is 0 Å². The molecule has 0 amide bonds. The Morgan fingerprint density at radius 2 is 1.93 bits per heavy atom. The number of aliphatic carboxylic acids is 1. The number of carbonyl (C=O) groups is 2. The van der Waals surface area contributed by atoms with Crippen molar-refractivity contribution in [3.8, 4) is 0 Å². The molecule has 5 nitrogen and oxygen atoms in total. The molecule has 0 radical (unpaired) electrons. The molecule has 0 aliphatic rings. The molecule has 1 aromatic carbocycles. The van der Waals surface area contributed by atoms with Crippen LogP contribution in [0.2, 0.25) is 0 Å². The highest BCUT2D eigenvalue weighted by Gasteiger charge is 2.13. The lowest BCUT2D eigenvalue weighted by Crippen LogP contribution is -2.35. The average Bonchev–Trinajstić information content (AvgIpc) is 2.26. The van der Waals surface area contributed by atoms with Crippen molar-refractivity contribution >= 4 is 11.9 Å². The molecule has 0 heterocycles. The Hall–Kier alpha value is -1.88. The van der Waals surface area contributed by atoms with Gasteiger partial charge in [0.1, 0.15) is 6.04 Å². The van der Waals surface area contributed by atoms with Crippen molar-refractivity contribution in [2.24, 2.45) is 0 Å². The lowest BCUT2D eigenvalue weighted by Gasteiger charge is -2.08. The molecule has 2 N–H and O–H groups in total. The van der Waals surface area contributed by atoms with Crippen LogP contribution >= 0.6 is 0 Å². The molecule has 1 atom stereocenters. The second-order valence-electron chi connectivity index (χ2n) is 2.93. The van der Waals surface area contributed by atoms with Gasteiger partial charge in [0, 0.05) is 0 Å². The number of hydrogen-bond acceptors (Lipinski definition) is 4. The summed E-state index contributed by atoms with van der Waals surface area (Å²) in [6.45, 7) is 1.38. The van der Waals surface area contributed by atoms with Crippen molar-refractivity contribution < 1.29 is 19.5 Å². The van der Waals surface area contributed by atoms with Crippen LogP contribution in [0.1, 0.15) is 17.3 Å². The van der Waals surface area contributed by atoms with E-state index >= 15 is 0 Å². The van der Waals surface area contributed by atoms with Gasteiger partial charge in [0.25, 0.3) is 0 Å². The topological polar surface area (TPSA) is 75.6 Å². The molecule has 5 heteroatoms. The van der Waals surface area contributed by atoms with Crippen LogP contribution in [0.5, 0.6) is 0 Å². The highest BCUT2D eigenvalue weighted by Crippen LogP contribution is 1.99. The Morgan fingerprint density at radius 3 is 2.47 bits per heavy atom. The van der Waals surface area contributed by atoms with E-state index in [0.717, 1.165) is 0 Å². The number of hydrogen-bond donors (Lipinski definition) is 2. The second-order valence-corrected chi connectivity index (χ2v) is 2.93. The summed E-state index contributed by atoms with van der Waals surface area (Å²) in [5.41, 5.74) is 2.49. The Bertz CT molecular complexity index is 350. The molecule has 15 heavy (non-hydrogen) atoms. The maximum atomic E-state index is 11.3. The van der Waals surface area contributed by atoms with Gasteiger partial charge in [-0.1, -0.05) is 18.2 Å². The number of hydroxylamine groups is 1. The molecule has 80 valence electrons. The van der Waals surface area contributed by atoms with Gasteiger partial charge in [-0.25, -0.2) is 4.79 Å². The van der Waals surface area contributed by atoms with Crippen molar-refractivity contribution in [1.29, 1.82) is 0 Å². The normalized spacial score (nSPS) is 11.8. The minimum absolute atomic E-state index is 0.364. The van der Waals surface area contributed by atoms with Crippen LogP contribution in [0.3, 0.4) is 0 Å². The summed E-state index contributed by atoms with van der Waals surface area (Å²) in [6.07, 6.45) is 0. The van der Waals surface area contributed by atoms with Gasteiger partial charge in [-0.3, -0.25) is 4.79 Å². The summed E-state index contributed by atoms with van der Waals surface area (Å²) < 4.78 is 0. The smallest absolute Gasteiger partial charge is 0.356 e. The van der Waals surface area contributed by atoms with Crippen LogP contribution in [0.25, 0.3) is 0 Å². The Morgan fingerprint density at radius 1 is 1.33 bits per heavy atom. The summed E-state index contributed by atoms with van der Waals surface area (Å²) >= 11 is 0. The number of nitrogens with one attached hydrogen (secondary N) is 1. The van der Waals surface area contributed by atoms with Gasteiger partial charge in [-0.15, -0.1) is 5.48 Å². The van der Waals surface area contributed by atoms with Gasteiger partial charge in [-0.2, -0.15) is 0 Å². The largest absolute Gasteiger partial charge is 0.480 e. The summed E-state index contributed by atoms with van der Waals surface area (Å²) in [5.74, 6) is -1.69. The average molecular weight is 209 g/mol. The number of carboxylic acid groups (broad SMARTS) is 1. The van der Waals surface area contributed by atoms with Crippen molar-refractivity contribution in [2.75, 3.05) is 0 Å². The maximum Gasteiger partial charge on any atom is 0.356 e. The second kappa shape index (κ2) is 5.11. The molecule has 0 saturated heterocycles. The monoisotopic (exact) mass is 209 g/mol. The van der Waals surface area contributed by atoms with Gasteiger partial charge >= 0.3 is 11.9 Å².